The number of hydrogen-bond donors (Lipinski definition) is 0. The molecule has 0 amide bonds. The van der Waals surface area contributed by atoms with E-state index >= 15 is 0 Å². The molecule has 0 aliphatic heterocycles. The predicted octanol–water partition coefficient (Wildman–Crippen LogP) is 2.99. The number of allylic oxidation sites excluding steroid dienone is 2. The number of ether oxygens (including phenoxy) is 10. The highest BCUT2D eigenvalue weighted by Crippen LogP contribution is 2.08. The molecule has 0 atom stereocenters. The van der Waals surface area contributed by atoms with Crippen LogP contribution in [0.1, 0.15) is 64.7 Å². The highest BCUT2D eigenvalue weighted by molar-refractivity contribution is 5.65. The largest absolute Gasteiger partial charge is 0.548 e. The lowest BCUT2D eigenvalue weighted by molar-refractivity contribution is -0.309. The van der Waals surface area contributed by atoms with Crippen molar-refractivity contribution in [3.8, 4) is 0 Å². The van der Waals surface area contributed by atoms with E-state index in [1.165, 1.54) is 51.4 Å². The Morgan fingerprint density at radius 1 is 0.400 bits per heavy atom. The summed E-state index contributed by atoms with van der Waals surface area (Å²) in [6, 6.07) is 0. The Kier molecular flexibility index (Phi) is 39.8. The summed E-state index contributed by atoms with van der Waals surface area (Å²) >= 11 is 0. The molecular weight excluding hydrogens is 588 g/mol. The predicted molar refractivity (Wildman–Crippen MR) is 170 cm³/mol. The Balaban J connectivity index is 3.05. The second kappa shape index (κ2) is 40.8. The van der Waals surface area contributed by atoms with Gasteiger partial charge < -0.3 is 57.3 Å². The van der Waals surface area contributed by atoms with Crippen LogP contribution in [0.3, 0.4) is 0 Å². The third kappa shape index (κ3) is 42.8. The summed E-state index contributed by atoms with van der Waals surface area (Å²) in [5, 5.41) is 10.2. The first kappa shape index (κ1) is 43.8. The minimum Gasteiger partial charge on any atom is -0.548 e. The van der Waals surface area contributed by atoms with Crippen LogP contribution in [0.2, 0.25) is 0 Å². The molecule has 0 rings (SSSR count). The van der Waals surface area contributed by atoms with Gasteiger partial charge in [0.25, 0.3) is 0 Å². The Labute approximate surface area is 272 Å². The van der Waals surface area contributed by atoms with Crippen molar-refractivity contribution in [2.45, 2.75) is 64.7 Å². The van der Waals surface area contributed by atoms with Crippen molar-refractivity contribution >= 4 is 5.97 Å². The van der Waals surface area contributed by atoms with Gasteiger partial charge in [0.2, 0.25) is 0 Å². The summed E-state index contributed by atoms with van der Waals surface area (Å²) in [6.07, 6.45) is 16.0. The Bertz CT molecular complexity index is 594. The van der Waals surface area contributed by atoms with Gasteiger partial charge >= 0.3 is 0 Å². The molecule has 12 nitrogen and oxygen atoms in total. The molecule has 45 heavy (non-hydrogen) atoms. The van der Waals surface area contributed by atoms with Gasteiger partial charge in [-0.25, -0.2) is 0 Å². The first-order chi connectivity index (χ1) is 22.3. The Hall–Kier alpha value is -1.19. The smallest absolute Gasteiger partial charge is 0.0862 e. The van der Waals surface area contributed by atoms with Gasteiger partial charge in [0.05, 0.1) is 132 Å². The molecule has 0 saturated carbocycles. The maximum absolute atomic E-state index is 10.2. The molecule has 0 heterocycles. The molecule has 0 aromatic carbocycles. The molecule has 0 unspecified atom stereocenters. The summed E-state index contributed by atoms with van der Waals surface area (Å²) in [6.45, 7) is 11.3. The van der Waals surface area contributed by atoms with E-state index in [1.807, 2.05) is 0 Å². The summed E-state index contributed by atoms with van der Waals surface area (Å²) in [7, 11) is 0. The lowest BCUT2D eigenvalue weighted by Gasteiger charge is -2.09. The lowest BCUT2D eigenvalue weighted by Crippen LogP contribution is -2.28. The standard InChI is InChI=1S/C33H64O12/c1-2-3-4-5-6-7-8-9-10-11-12-13-36-14-15-37-16-17-38-18-19-39-20-21-40-22-23-41-24-25-42-26-27-43-28-29-44-30-31-45-32-33(34)35/h4-5H,2-3,6-32H2,1H3,(H,34,35)/p-1/b5-4-. The van der Waals surface area contributed by atoms with Crippen molar-refractivity contribution in [1.82, 2.24) is 0 Å². The number of carboxylic acids is 1. The van der Waals surface area contributed by atoms with E-state index in [-0.39, 0.29) is 6.61 Å². The molecule has 0 bridgehead atoms. The van der Waals surface area contributed by atoms with Gasteiger partial charge in [-0.1, -0.05) is 51.2 Å². The van der Waals surface area contributed by atoms with Gasteiger partial charge in [0.1, 0.15) is 0 Å². The summed E-state index contributed by atoms with van der Waals surface area (Å²) in [5.74, 6) is -1.24. The van der Waals surface area contributed by atoms with E-state index in [0.29, 0.717) is 112 Å². The van der Waals surface area contributed by atoms with Crippen LogP contribution in [0.15, 0.2) is 12.2 Å². The molecule has 0 aliphatic rings. The number of rotatable bonds is 40. The number of aliphatic carboxylic acids is 1. The van der Waals surface area contributed by atoms with Crippen LogP contribution >= 0.6 is 0 Å². The number of hydrogen-bond acceptors (Lipinski definition) is 12. The van der Waals surface area contributed by atoms with Crippen molar-refractivity contribution in [3.63, 3.8) is 0 Å². The normalized spacial score (nSPS) is 11.7. The zero-order valence-corrected chi connectivity index (χ0v) is 28.1. The van der Waals surface area contributed by atoms with E-state index in [4.69, 9.17) is 47.4 Å². The van der Waals surface area contributed by atoms with Crippen LogP contribution in [-0.4, -0.2) is 138 Å². The number of carboxylic acid groups (broad SMARTS) is 1. The number of carbonyl (C=O) groups excluding carboxylic acids is 1. The second-order valence-electron chi connectivity index (χ2n) is 10.1. The van der Waals surface area contributed by atoms with E-state index in [1.54, 1.807) is 0 Å². The van der Waals surface area contributed by atoms with Crippen molar-refractivity contribution in [2.75, 3.05) is 132 Å². The summed E-state index contributed by atoms with van der Waals surface area (Å²) in [5.41, 5.74) is 0. The van der Waals surface area contributed by atoms with E-state index < -0.39 is 12.6 Å². The van der Waals surface area contributed by atoms with E-state index in [2.05, 4.69) is 19.1 Å². The molecule has 0 aromatic rings. The average Bonchev–Trinajstić information content (AvgIpc) is 3.03. The third-order valence-electron chi connectivity index (χ3n) is 6.10. The molecular formula is C33H63O12-. The maximum atomic E-state index is 10.2. The van der Waals surface area contributed by atoms with Crippen molar-refractivity contribution in [3.05, 3.63) is 12.2 Å². The molecule has 0 fully saturated rings. The zero-order chi connectivity index (χ0) is 32.6. The Morgan fingerprint density at radius 3 is 1.04 bits per heavy atom. The minimum atomic E-state index is -1.24. The molecule has 12 heteroatoms. The number of carbonyl (C=O) groups is 1. The van der Waals surface area contributed by atoms with Gasteiger partial charge in [0.15, 0.2) is 0 Å². The molecule has 0 aliphatic carbocycles. The molecule has 0 aromatic heterocycles. The Morgan fingerprint density at radius 2 is 0.689 bits per heavy atom. The minimum absolute atomic E-state index is 0.206. The highest BCUT2D eigenvalue weighted by atomic mass is 16.6. The monoisotopic (exact) mass is 651 g/mol. The van der Waals surface area contributed by atoms with Crippen LogP contribution in [0.25, 0.3) is 0 Å². The molecule has 0 radical (unpaired) electrons. The fraction of sp³-hybridized carbons (Fsp3) is 0.909. The zero-order valence-electron chi connectivity index (χ0n) is 28.1. The first-order valence-electron chi connectivity index (χ1n) is 16.9. The summed E-state index contributed by atoms with van der Waals surface area (Å²) in [4.78, 5) is 10.2. The molecule has 0 saturated heterocycles. The topological polar surface area (TPSA) is 132 Å². The van der Waals surface area contributed by atoms with Crippen LogP contribution < -0.4 is 5.11 Å². The maximum Gasteiger partial charge on any atom is 0.0862 e. The van der Waals surface area contributed by atoms with E-state index in [9.17, 15) is 9.90 Å². The fourth-order valence-electron chi connectivity index (χ4n) is 3.71. The van der Waals surface area contributed by atoms with Gasteiger partial charge in [-0.05, 0) is 25.7 Å². The fourth-order valence-corrected chi connectivity index (χ4v) is 3.71. The third-order valence-corrected chi connectivity index (χ3v) is 6.10. The highest BCUT2D eigenvalue weighted by Gasteiger charge is 1.97. The van der Waals surface area contributed by atoms with Gasteiger partial charge in [-0.2, -0.15) is 0 Å². The van der Waals surface area contributed by atoms with Crippen LogP contribution in [0.4, 0.5) is 0 Å². The lowest BCUT2D eigenvalue weighted by atomic mass is 10.1. The first-order valence-corrected chi connectivity index (χ1v) is 16.9. The number of unbranched alkanes of at least 4 members (excludes halogenated alkanes) is 7. The van der Waals surface area contributed by atoms with Crippen molar-refractivity contribution in [1.29, 1.82) is 0 Å². The van der Waals surface area contributed by atoms with Crippen LogP contribution in [0, 0.1) is 0 Å². The SMILES string of the molecule is CCC/C=C\CCCCCCCCOCCOCCOCCOCCOCCOCCOCCOCCOCCOCC(=O)[O-]. The van der Waals surface area contributed by atoms with Gasteiger partial charge in [0, 0.05) is 6.61 Å². The second-order valence-corrected chi connectivity index (χ2v) is 10.1. The summed E-state index contributed by atoms with van der Waals surface area (Å²) < 4.78 is 53.9. The van der Waals surface area contributed by atoms with Crippen LogP contribution in [-0.2, 0) is 52.2 Å². The van der Waals surface area contributed by atoms with Crippen LogP contribution in [0.5, 0.6) is 0 Å². The van der Waals surface area contributed by atoms with Crippen molar-refractivity contribution in [2.24, 2.45) is 0 Å². The molecule has 0 N–H and O–H groups in total. The molecule has 268 valence electrons. The van der Waals surface area contributed by atoms with Gasteiger partial charge in [-0.15, -0.1) is 0 Å². The quantitative estimate of drug-likeness (QED) is 0.0713. The van der Waals surface area contributed by atoms with Crippen molar-refractivity contribution < 1.29 is 57.3 Å². The van der Waals surface area contributed by atoms with E-state index in [0.717, 1.165) is 13.0 Å². The molecule has 0 spiro atoms. The van der Waals surface area contributed by atoms with Gasteiger partial charge in [-0.3, -0.25) is 0 Å². The average molecular weight is 652 g/mol.